The number of nitrogens with zero attached hydrogens (tertiary/aromatic N) is 2. The second-order valence-corrected chi connectivity index (χ2v) is 6.86. The Balaban J connectivity index is 1.79. The molecule has 1 aliphatic carbocycles. The summed E-state index contributed by atoms with van der Waals surface area (Å²) < 4.78 is 5.29. The zero-order chi connectivity index (χ0) is 13.7. The van der Waals surface area contributed by atoms with E-state index >= 15 is 0 Å². The number of aliphatic hydroxyl groups is 1. The van der Waals surface area contributed by atoms with Gasteiger partial charge in [0.15, 0.2) is 5.82 Å². The summed E-state index contributed by atoms with van der Waals surface area (Å²) in [4.78, 5) is 4.43. The summed E-state index contributed by atoms with van der Waals surface area (Å²) in [6, 6.07) is 0. The minimum atomic E-state index is -0.195. The van der Waals surface area contributed by atoms with E-state index in [2.05, 4.69) is 24.0 Å². The molecule has 0 bridgehead atoms. The van der Waals surface area contributed by atoms with Crippen LogP contribution in [0.25, 0.3) is 0 Å². The molecule has 0 radical (unpaired) electrons. The van der Waals surface area contributed by atoms with Gasteiger partial charge in [-0.15, -0.1) is 0 Å². The van der Waals surface area contributed by atoms with Crippen LogP contribution in [0.4, 0.5) is 0 Å². The average Bonchev–Trinajstić information content (AvgIpc) is 2.79. The van der Waals surface area contributed by atoms with Crippen LogP contribution in [0.1, 0.15) is 51.2 Å². The molecule has 1 heterocycles. The number of hydrogen-bond donors (Lipinski definition) is 1. The molecule has 1 aromatic rings. The van der Waals surface area contributed by atoms with Gasteiger partial charge in [0.05, 0.1) is 11.9 Å². The van der Waals surface area contributed by atoms with Crippen molar-refractivity contribution in [2.75, 3.05) is 5.75 Å². The number of aliphatic hydroxyl groups excluding tert-OH is 1. The highest BCUT2D eigenvalue weighted by Gasteiger charge is 2.25. The molecule has 0 spiro atoms. The molecule has 1 aliphatic rings. The van der Waals surface area contributed by atoms with E-state index in [1.165, 1.54) is 6.42 Å². The largest absolute Gasteiger partial charge is 0.393 e. The van der Waals surface area contributed by atoms with Crippen molar-refractivity contribution in [3.63, 3.8) is 0 Å². The molecule has 1 fully saturated rings. The van der Waals surface area contributed by atoms with Gasteiger partial charge in [-0.1, -0.05) is 31.8 Å². The summed E-state index contributed by atoms with van der Waals surface area (Å²) in [5.74, 6) is 4.39. The van der Waals surface area contributed by atoms with E-state index in [1.807, 2.05) is 11.8 Å². The van der Waals surface area contributed by atoms with Crippen LogP contribution < -0.4 is 0 Å². The van der Waals surface area contributed by atoms with Gasteiger partial charge in [-0.2, -0.15) is 16.7 Å². The SMILES string of the molecule is CC(C)CSCc1noc(CC2CCCCC2O)n1. The fourth-order valence-corrected chi connectivity index (χ4v) is 3.36. The van der Waals surface area contributed by atoms with Crippen molar-refractivity contribution >= 4 is 11.8 Å². The molecule has 0 aliphatic heterocycles. The number of hydrogen-bond acceptors (Lipinski definition) is 5. The first-order valence-electron chi connectivity index (χ1n) is 7.22. The molecule has 4 nitrogen and oxygen atoms in total. The lowest BCUT2D eigenvalue weighted by Crippen LogP contribution is -2.26. The first-order chi connectivity index (χ1) is 9.15. The van der Waals surface area contributed by atoms with Crippen LogP contribution in [0.3, 0.4) is 0 Å². The van der Waals surface area contributed by atoms with Crippen LogP contribution in [-0.4, -0.2) is 27.1 Å². The van der Waals surface area contributed by atoms with Crippen LogP contribution in [0, 0.1) is 11.8 Å². The Labute approximate surface area is 119 Å². The lowest BCUT2D eigenvalue weighted by molar-refractivity contribution is 0.0657. The molecule has 2 rings (SSSR count). The van der Waals surface area contributed by atoms with Gasteiger partial charge in [0.25, 0.3) is 0 Å². The van der Waals surface area contributed by atoms with Gasteiger partial charge < -0.3 is 9.63 Å². The van der Waals surface area contributed by atoms with Crippen molar-refractivity contribution < 1.29 is 9.63 Å². The quantitative estimate of drug-likeness (QED) is 0.870. The molecule has 1 aromatic heterocycles. The molecule has 1 N–H and O–H groups in total. The minimum Gasteiger partial charge on any atom is -0.393 e. The van der Waals surface area contributed by atoms with E-state index in [0.29, 0.717) is 17.7 Å². The third kappa shape index (κ3) is 4.80. The lowest BCUT2D eigenvalue weighted by Gasteiger charge is -2.26. The Kier molecular flexibility index (Phi) is 5.70. The predicted octanol–water partition coefficient (Wildman–Crippen LogP) is 3.05. The normalized spacial score (nSPS) is 24.0. The highest BCUT2D eigenvalue weighted by atomic mass is 32.2. The zero-order valence-corrected chi connectivity index (χ0v) is 12.7. The van der Waals surface area contributed by atoms with Crippen molar-refractivity contribution in [3.8, 4) is 0 Å². The number of rotatable bonds is 6. The van der Waals surface area contributed by atoms with Gasteiger partial charge in [-0.3, -0.25) is 0 Å². The molecule has 2 atom stereocenters. The smallest absolute Gasteiger partial charge is 0.227 e. The van der Waals surface area contributed by atoms with Gasteiger partial charge in [0.2, 0.25) is 5.89 Å². The van der Waals surface area contributed by atoms with Crippen molar-refractivity contribution in [1.29, 1.82) is 0 Å². The molecule has 0 amide bonds. The van der Waals surface area contributed by atoms with Crippen molar-refractivity contribution in [2.24, 2.45) is 11.8 Å². The fraction of sp³-hybridized carbons (Fsp3) is 0.857. The van der Waals surface area contributed by atoms with Gasteiger partial charge in [0, 0.05) is 6.42 Å². The summed E-state index contributed by atoms with van der Waals surface area (Å²) in [5.41, 5.74) is 0. The Morgan fingerprint density at radius 2 is 2.16 bits per heavy atom. The van der Waals surface area contributed by atoms with Crippen molar-refractivity contribution in [3.05, 3.63) is 11.7 Å². The summed E-state index contributed by atoms with van der Waals surface area (Å²) in [6.07, 6.45) is 4.85. The van der Waals surface area contributed by atoms with Crippen LogP contribution in [0.2, 0.25) is 0 Å². The molecular formula is C14H24N2O2S. The van der Waals surface area contributed by atoms with E-state index in [0.717, 1.165) is 43.0 Å². The molecule has 108 valence electrons. The molecule has 1 saturated carbocycles. The van der Waals surface area contributed by atoms with Gasteiger partial charge in [-0.25, -0.2) is 0 Å². The van der Waals surface area contributed by atoms with E-state index in [-0.39, 0.29) is 6.10 Å². The summed E-state index contributed by atoms with van der Waals surface area (Å²) in [6.45, 7) is 4.41. The van der Waals surface area contributed by atoms with E-state index in [9.17, 15) is 5.11 Å². The topological polar surface area (TPSA) is 59.2 Å². The monoisotopic (exact) mass is 284 g/mol. The summed E-state index contributed by atoms with van der Waals surface area (Å²) in [5, 5.41) is 14.0. The maximum atomic E-state index is 9.95. The molecular weight excluding hydrogens is 260 g/mol. The first kappa shape index (κ1) is 14.9. The second kappa shape index (κ2) is 7.29. The van der Waals surface area contributed by atoms with Crippen LogP contribution >= 0.6 is 11.8 Å². The van der Waals surface area contributed by atoms with Gasteiger partial charge >= 0.3 is 0 Å². The van der Waals surface area contributed by atoms with E-state index in [4.69, 9.17) is 4.52 Å². The molecule has 0 saturated heterocycles. The third-order valence-electron chi connectivity index (χ3n) is 3.50. The standard InChI is InChI=1S/C14H24N2O2S/c1-10(2)8-19-9-13-15-14(18-16-13)7-11-5-3-4-6-12(11)17/h10-12,17H,3-9H2,1-2H3. The lowest BCUT2D eigenvalue weighted by atomic mass is 9.84. The summed E-state index contributed by atoms with van der Waals surface area (Å²) in [7, 11) is 0. The first-order valence-corrected chi connectivity index (χ1v) is 8.38. The van der Waals surface area contributed by atoms with Gasteiger partial charge in [-0.05, 0) is 30.4 Å². The Morgan fingerprint density at radius 1 is 1.37 bits per heavy atom. The number of aromatic nitrogens is 2. The van der Waals surface area contributed by atoms with E-state index in [1.54, 1.807) is 0 Å². The highest BCUT2D eigenvalue weighted by molar-refractivity contribution is 7.98. The van der Waals surface area contributed by atoms with Crippen LogP contribution in [-0.2, 0) is 12.2 Å². The molecule has 19 heavy (non-hydrogen) atoms. The van der Waals surface area contributed by atoms with Crippen molar-refractivity contribution in [1.82, 2.24) is 10.1 Å². The van der Waals surface area contributed by atoms with Crippen molar-refractivity contribution in [2.45, 2.75) is 57.8 Å². The maximum Gasteiger partial charge on any atom is 0.227 e. The summed E-state index contributed by atoms with van der Waals surface area (Å²) >= 11 is 1.84. The van der Waals surface area contributed by atoms with Crippen LogP contribution in [0.5, 0.6) is 0 Å². The third-order valence-corrected chi connectivity index (χ3v) is 4.86. The second-order valence-electron chi connectivity index (χ2n) is 5.83. The maximum absolute atomic E-state index is 9.95. The highest BCUT2D eigenvalue weighted by Crippen LogP contribution is 2.27. The van der Waals surface area contributed by atoms with Crippen LogP contribution in [0.15, 0.2) is 4.52 Å². The molecule has 2 unspecified atom stereocenters. The average molecular weight is 284 g/mol. The fourth-order valence-electron chi connectivity index (χ4n) is 2.47. The number of thioether (sulfide) groups is 1. The Bertz CT molecular complexity index is 381. The van der Waals surface area contributed by atoms with E-state index < -0.39 is 0 Å². The Hall–Kier alpha value is -0.550. The molecule has 5 heteroatoms. The van der Waals surface area contributed by atoms with Gasteiger partial charge in [0.1, 0.15) is 0 Å². The zero-order valence-electron chi connectivity index (χ0n) is 11.8. The predicted molar refractivity (Wildman–Crippen MR) is 77.0 cm³/mol. The molecule has 0 aromatic carbocycles. The minimum absolute atomic E-state index is 0.195. The Morgan fingerprint density at radius 3 is 2.89 bits per heavy atom.